The first-order valence-electron chi connectivity index (χ1n) is 6.32. The number of ether oxygens (including phenoxy) is 2. The highest BCUT2D eigenvalue weighted by atomic mass is 79.9. The number of rotatable bonds is 2. The van der Waals surface area contributed by atoms with Gasteiger partial charge >= 0.3 is 0 Å². The van der Waals surface area contributed by atoms with Crippen LogP contribution in [-0.4, -0.2) is 13.2 Å². The molecule has 2 heterocycles. The molecule has 0 fully saturated rings. The third kappa shape index (κ3) is 2.65. The summed E-state index contributed by atoms with van der Waals surface area (Å²) in [5.74, 6) is 1.70. The molecule has 0 saturated carbocycles. The van der Waals surface area contributed by atoms with Gasteiger partial charge in [-0.3, -0.25) is 0 Å². The van der Waals surface area contributed by atoms with E-state index < -0.39 is 0 Å². The molecule has 2 aromatic rings. The topological polar surface area (TPSA) is 18.5 Å². The Morgan fingerprint density at radius 1 is 1.16 bits per heavy atom. The Morgan fingerprint density at radius 2 is 1.95 bits per heavy atom. The van der Waals surface area contributed by atoms with Crippen molar-refractivity contribution in [1.82, 2.24) is 0 Å². The van der Waals surface area contributed by atoms with Gasteiger partial charge in [0, 0.05) is 6.42 Å². The number of aryl methyl sites for hydroxylation is 1. The molecule has 3 rings (SSSR count). The summed E-state index contributed by atoms with van der Waals surface area (Å²) in [7, 11) is 0. The second-order valence-electron chi connectivity index (χ2n) is 4.63. The highest BCUT2D eigenvalue weighted by Gasteiger charge is 2.17. The zero-order valence-electron chi connectivity index (χ0n) is 10.7. The van der Waals surface area contributed by atoms with Crippen LogP contribution in [0.4, 0.5) is 0 Å². The number of thiophene rings is 1. The standard InChI is InChI=1S/C15H15BrO2S/c1-10-8-19-9-12(10)15(16)11-3-4-13-14(7-11)18-6-2-5-17-13/h3-4,7-9,15H,2,5-6H2,1H3. The third-order valence-electron chi connectivity index (χ3n) is 3.23. The Bertz CT molecular complexity index is 579. The summed E-state index contributed by atoms with van der Waals surface area (Å²) >= 11 is 5.52. The quantitative estimate of drug-likeness (QED) is 0.738. The van der Waals surface area contributed by atoms with E-state index in [0.717, 1.165) is 31.1 Å². The van der Waals surface area contributed by atoms with Gasteiger partial charge in [-0.25, -0.2) is 0 Å². The summed E-state index contributed by atoms with van der Waals surface area (Å²) in [6.07, 6.45) is 0.936. The van der Waals surface area contributed by atoms with Crippen molar-refractivity contribution in [3.05, 3.63) is 45.6 Å². The van der Waals surface area contributed by atoms with Crippen molar-refractivity contribution in [1.29, 1.82) is 0 Å². The Balaban J connectivity index is 1.93. The largest absolute Gasteiger partial charge is 0.490 e. The van der Waals surface area contributed by atoms with Crippen molar-refractivity contribution in [2.75, 3.05) is 13.2 Å². The Labute approximate surface area is 125 Å². The molecule has 4 heteroatoms. The van der Waals surface area contributed by atoms with E-state index >= 15 is 0 Å². The van der Waals surface area contributed by atoms with Crippen molar-refractivity contribution in [3.8, 4) is 11.5 Å². The maximum atomic E-state index is 5.74. The zero-order valence-corrected chi connectivity index (χ0v) is 13.1. The molecule has 1 unspecified atom stereocenters. The normalized spacial score (nSPS) is 15.9. The average Bonchev–Trinajstić information content (AvgIpc) is 2.72. The molecule has 1 aromatic heterocycles. The van der Waals surface area contributed by atoms with E-state index in [4.69, 9.17) is 9.47 Å². The van der Waals surface area contributed by atoms with E-state index in [9.17, 15) is 0 Å². The van der Waals surface area contributed by atoms with Crippen LogP contribution in [0.15, 0.2) is 29.0 Å². The summed E-state index contributed by atoms with van der Waals surface area (Å²) < 4.78 is 11.4. The first-order valence-corrected chi connectivity index (χ1v) is 8.18. The van der Waals surface area contributed by atoms with Crippen molar-refractivity contribution in [2.24, 2.45) is 0 Å². The highest BCUT2D eigenvalue weighted by molar-refractivity contribution is 9.09. The molecule has 0 aliphatic carbocycles. The minimum atomic E-state index is 0.205. The lowest BCUT2D eigenvalue weighted by Crippen LogP contribution is -1.97. The summed E-state index contributed by atoms with van der Waals surface area (Å²) in [6.45, 7) is 3.60. The number of halogens is 1. The zero-order chi connectivity index (χ0) is 13.2. The van der Waals surface area contributed by atoms with Crippen LogP contribution in [0.5, 0.6) is 11.5 Å². The predicted octanol–water partition coefficient (Wildman–Crippen LogP) is 4.70. The van der Waals surface area contributed by atoms with Gasteiger partial charge in [-0.05, 0) is 46.5 Å². The molecule has 0 spiro atoms. The lowest BCUT2D eigenvalue weighted by molar-refractivity contribution is 0.297. The lowest BCUT2D eigenvalue weighted by Gasteiger charge is -2.13. The smallest absolute Gasteiger partial charge is 0.161 e. The van der Waals surface area contributed by atoms with Crippen molar-refractivity contribution < 1.29 is 9.47 Å². The van der Waals surface area contributed by atoms with E-state index in [2.05, 4.69) is 45.7 Å². The first kappa shape index (κ1) is 13.0. The maximum absolute atomic E-state index is 5.74. The minimum absolute atomic E-state index is 0.205. The molecular weight excluding hydrogens is 324 g/mol. The number of hydrogen-bond donors (Lipinski definition) is 0. The van der Waals surface area contributed by atoms with Gasteiger partial charge in [0.1, 0.15) is 0 Å². The molecule has 19 heavy (non-hydrogen) atoms. The van der Waals surface area contributed by atoms with Gasteiger partial charge in [0.15, 0.2) is 11.5 Å². The van der Waals surface area contributed by atoms with Gasteiger partial charge < -0.3 is 9.47 Å². The number of benzene rings is 1. The maximum Gasteiger partial charge on any atom is 0.161 e. The fraction of sp³-hybridized carbons (Fsp3) is 0.333. The van der Waals surface area contributed by atoms with Crippen LogP contribution in [-0.2, 0) is 0 Å². The number of fused-ring (bicyclic) bond motifs is 1. The molecule has 0 radical (unpaired) electrons. The van der Waals surface area contributed by atoms with E-state index in [1.54, 1.807) is 11.3 Å². The molecule has 1 aliphatic heterocycles. The molecule has 1 atom stereocenters. The van der Waals surface area contributed by atoms with Crippen LogP contribution in [0.2, 0.25) is 0 Å². The van der Waals surface area contributed by atoms with Crippen LogP contribution in [0.3, 0.4) is 0 Å². The first-order chi connectivity index (χ1) is 9.25. The van der Waals surface area contributed by atoms with Crippen molar-refractivity contribution in [3.63, 3.8) is 0 Å². The molecule has 0 saturated heterocycles. The second kappa shape index (κ2) is 5.55. The fourth-order valence-corrected chi connectivity index (χ4v) is 3.98. The third-order valence-corrected chi connectivity index (χ3v) is 5.13. The Kier molecular flexibility index (Phi) is 3.80. The van der Waals surface area contributed by atoms with Crippen LogP contribution in [0.1, 0.15) is 27.9 Å². The monoisotopic (exact) mass is 338 g/mol. The summed E-state index contributed by atoms with van der Waals surface area (Å²) in [4.78, 5) is 0.205. The SMILES string of the molecule is Cc1cscc1C(Br)c1ccc2c(c1)OCCCO2. The molecule has 0 bridgehead atoms. The van der Waals surface area contributed by atoms with Gasteiger partial charge in [0.25, 0.3) is 0 Å². The minimum Gasteiger partial charge on any atom is -0.490 e. The van der Waals surface area contributed by atoms with Crippen LogP contribution in [0.25, 0.3) is 0 Å². The summed E-state index contributed by atoms with van der Waals surface area (Å²) in [5.41, 5.74) is 3.84. The summed E-state index contributed by atoms with van der Waals surface area (Å²) in [5, 5.41) is 4.37. The summed E-state index contributed by atoms with van der Waals surface area (Å²) in [6, 6.07) is 6.19. The molecule has 1 aliphatic rings. The van der Waals surface area contributed by atoms with Crippen LogP contribution >= 0.6 is 27.3 Å². The predicted molar refractivity (Wildman–Crippen MR) is 81.9 cm³/mol. The number of hydrogen-bond acceptors (Lipinski definition) is 3. The van der Waals surface area contributed by atoms with E-state index in [-0.39, 0.29) is 4.83 Å². The van der Waals surface area contributed by atoms with E-state index in [1.807, 2.05) is 6.07 Å². The Morgan fingerprint density at radius 3 is 2.68 bits per heavy atom. The molecule has 0 N–H and O–H groups in total. The molecule has 1 aromatic carbocycles. The van der Waals surface area contributed by atoms with Gasteiger partial charge in [0.2, 0.25) is 0 Å². The van der Waals surface area contributed by atoms with E-state index in [1.165, 1.54) is 16.7 Å². The lowest BCUT2D eigenvalue weighted by atomic mass is 10.0. The van der Waals surface area contributed by atoms with Crippen molar-refractivity contribution in [2.45, 2.75) is 18.2 Å². The van der Waals surface area contributed by atoms with Gasteiger partial charge in [-0.2, -0.15) is 11.3 Å². The second-order valence-corrected chi connectivity index (χ2v) is 6.29. The van der Waals surface area contributed by atoms with Gasteiger partial charge in [-0.1, -0.05) is 22.0 Å². The number of alkyl halides is 1. The van der Waals surface area contributed by atoms with Crippen molar-refractivity contribution >= 4 is 27.3 Å². The van der Waals surface area contributed by atoms with Gasteiger partial charge in [0.05, 0.1) is 18.0 Å². The van der Waals surface area contributed by atoms with Crippen LogP contribution < -0.4 is 9.47 Å². The molecule has 2 nitrogen and oxygen atoms in total. The average molecular weight is 339 g/mol. The van der Waals surface area contributed by atoms with Gasteiger partial charge in [-0.15, -0.1) is 0 Å². The molecular formula is C15H15BrO2S. The van der Waals surface area contributed by atoms with E-state index in [0.29, 0.717) is 0 Å². The Hall–Kier alpha value is -1.00. The van der Waals surface area contributed by atoms with Crippen LogP contribution in [0, 0.1) is 6.92 Å². The fourth-order valence-electron chi connectivity index (χ4n) is 2.15. The molecule has 0 amide bonds. The highest BCUT2D eigenvalue weighted by Crippen LogP contribution is 2.39. The molecule has 100 valence electrons.